The van der Waals surface area contributed by atoms with Crippen molar-refractivity contribution < 1.29 is 9.59 Å². The molecule has 9 heteroatoms. The first-order valence-electron chi connectivity index (χ1n) is 10.6. The van der Waals surface area contributed by atoms with Gasteiger partial charge in [0.2, 0.25) is 0 Å². The molecule has 1 aliphatic rings. The van der Waals surface area contributed by atoms with Crippen molar-refractivity contribution in [3.05, 3.63) is 60.0 Å². The largest absolute Gasteiger partial charge is 0.383 e. The number of nitrogens with two attached hydrogens (primary N) is 1. The lowest BCUT2D eigenvalue weighted by molar-refractivity contribution is 0.0938. The lowest BCUT2D eigenvalue weighted by Gasteiger charge is -2.19. The molecule has 0 saturated carbocycles. The maximum atomic E-state index is 12.9. The fraction of sp³-hybridized carbons (Fsp3) is 0.304. The average Bonchev–Trinajstić information content (AvgIpc) is 3.43. The van der Waals surface area contributed by atoms with Crippen LogP contribution in [0.15, 0.2) is 48.9 Å². The summed E-state index contributed by atoms with van der Waals surface area (Å²) in [5.41, 5.74) is 9.80. The van der Waals surface area contributed by atoms with Gasteiger partial charge in [-0.15, -0.1) is 0 Å². The van der Waals surface area contributed by atoms with Crippen LogP contribution in [0.25, 0.3) is 11.1 Å². The first-order valence-corrected chi connectivity index (χ1v) is 10.6. The number of amides is 3. The number of urea groups is 1. The van der Waals surface area contributed by atoms with Gasteiger partial charge in [0, 0.05) is 55.4 Å². The standard InChI is InChI=1S/C23H27N7O2/c1-3-15-6-4-5-7-20(15)28-23(32)30-9-8-18(14-30)27-22(31)19-10-16(11-25-21(19)24)17-12-26-29(2)13-17/h4-7,10-13,18H,3,8-9,14H2,1-2H3,(H2,24,25)(H,27,31)(H,28,32)/t18-/m1/s1. The van der Waals surface area contributed by atoms with Crippen LogP contribution in [0.3, 0.4) is 0 Å². The van der Waals surface area contributed by atoms with Crippen LogP contribution in [-0.2, 0) is 13.5 Å². The molecule has 0 radical (unpaired) electrons. The minimum Gasteiger partial charge on any atom is -0.383 e. The number of hydrogen-bond acceptors (Lipinski definition) is 5. The Balaban J connectivity index is 1.39. The number of rotatable bonds is 5. The molecule has 9 nitrogen and oxygen atoms in total. The summed E-state index contributed by atoms with van der Waals surface area (Å²) in [6.45, 7) is 3.05. The van der Waals surface area contributed by atoms with Crippen LogP contribution in [0.5, 0.6) is 0 Å². The van der Waals surface area contributed by atoms with Gasteiger partial charge in [0.05, 0.1) is 11.8 Å². The molecule has 1 aromatic carbocycles. The van der Waals surface area contributed by atoms with Crippen molar-refractivity contribution in [3.63, 3.8) is 0 Å². The third kappa shape index (κ3) is 4.56. The van der Waals surface area contributed by atoms with E-state index in [1.54, 1.807) is 28.0 Å². The number of aryl methyl sites for hydroxylation is 2. The van der Waals surface area contributed by atoms with E-state index in [1.807, 2.05) is 37.5 Å². The number of carbonyl (C=O) groups is 2. The van der Waals surface area contributed by atoms with Gasteiger partial charge in [-0.2, -0.15) is 5.10 Å². The van der Waals surface area contributed by atoms with Gasteiger partial charge in [-0.05, 0) is 30.5 Å². The third-order valence-electron chi connectivity index (χ3n) is 5.65. The molecule has 1 saturated heterocycles. The van der Waals surface area contributed by atoms with E-state index in [0.29, 0.717) is 25.1 Å². The van der Waals surface area contributed by atoms with Crippen LogP contribution in [0.4, 0.5) is 16.3 Å². The molecule has 3 amide bonds. The zero-order valence-corrected chi connectivity index (χ0v) is 18.2. The highest BCUT2D eigenvalue weighted by atomic mass is 16.2. The number of para-hydroxylation sites is 1. The molecule has 4 rings (SSSR count). The molecule has 2 aromatic heterocycles. The number of hydrogen-bond donors (Lipinski definition) is 3. The highest BCUT2D eigenvalue weighted by Gasteiger charge is 2.28. The van der Waals surface area contributed by atoms with E-state index in [2.05, 4.69) is 27.6 Å². The molecule has 1 fully saturated rings. The fourth-order valence-corrected chi connectivity index (χ4v) is 3.86. The van der Waals surface area contributed by atoms with Gasteiger partial charge >= 0.3 is 6.03 Å². The second-order valence-corrected chi connectivity index (χ2v) is 7.91. The number of nitrogens with zero attached hydrogens (tertiary/aromatic N) is 4. The van der Waals surface area contributed by atoms with Crippen LogP contribution in [0.2, 0.25) is 0 Å². The van der Waals surface area contributed by atoms with Crippen LogP contribution in [0, 0.1) is 0 Å². The number of pyridine rings is 1. The SMILES string of the molecule is CCc1ccccc1NC(=O)N1CC[C@@H](NC(=O)c2cc(-c3cnn(C)c3)cnc2N)C1. The molecule has 0 unspecified atom stereocenters. The highest BCUT2D eigenvalue weighted by molar-refractivity contribution is 5.99. The van der Waals surface area contributed by atoms with E-state index in [0.717, 1.165) is 28.8 Å². The number of benzene rings is 1. The molecule has 1 atom stereocenters. The summed E-state index contributed by atoms with van der Waals surface area (Å²) in [5.74, 6) is -0.136. The van der Waals surface area contributed by atoms with E-state index >= 15 is 0 Å². The maximum Gasteiger partial charge on any atom is 0.321 e. The molecule has 166 valence electrons. The van der Waals surface area contributed by atoms with Crippen LogP contribution in [0.1, 0.15) is 29.3 Å². The van der Waals surface area contributed by atoms with Gasteiger partial charge in [-0.25, -0.2) is 9.78 Å². The zero-order valence-electron chi connectivity index (χ0n) is 18.2. The summed E-state index contributed by atoms with van der Waals surface area (Å²) in [6.07, 6.45) is 6.68. The smallest absolute Gasteiger partial charge is 0.321 e. The number of aromatic nitrogens is 3. The Hall–Kier alpha value is -3.88. The zero-order chi connectivity index (χ0) is 22.7. The Morgan fingerprint density at radius 3 is 2.78 bits per heavy atom. The van der Waals surface area contributed by atoms with Gasteiger partial charge in [-0.3, -0.25) is 9.48 Å². The third-order valence-corrected chi connectivity index (χ3v) is 5.65. The molecule has 0 spiro atoms. The van der Waals surface area contributed by atoms with Gasteiger partial charge in [-0.1, -0.05) is 25.1 Å². The Labute approximate surface area is 186 Å². The van der Waals surface area contributed by atoms with Crippen molar-refractivity contribution >= 4 is 23.4 Å². The molecule has 1 aliphatic heterocycles. The van der Waals surface area contributed by atoms with Gasteiger partial charge < -0.3 is 21.3 Å². The summed E-state index contributed by atoms with van der Waals surface area (Å²) in [4.78, 5) is 31.5. The minimum atomic E-state index is -0.302. The molecule has 0 aliphatic carbocycles. The summed E-state index contributed by atoms with van der Waals surface area (Å²) < 4.78 is 1.68. The summed E-state index contributed by atoms with van der Waals surface area (Å²) in [5, 5.41) is 10.1. The van der Waals surface area contributed by atoms with Crippen LogP contribution >= 0.6 is 0 Å². The van der Waals surface area contributed by atoms with Crippen molar-refractivity contribution in [1.29, 1.82) is 0 Å². The van der Waals surface area contributed by atoms with E-state index in [9.17, 15) is 9.59 Å². The number of nitrogens with one attached hydrogen (secondary N) is 2. The van der Waals surface area contributed by atoms with Crippen LogP contribution in [-0.4, -0.2) is 50.7 Å². The number of anilines is 2. The van der Waals surface area contributed by atoms with Crippen molar-refractivity contribution in [2.24, 2.45) is 7.05 Å². The Bertz CT molecular complexity index is 1140. The normalized spacial score (nSPS) is 15.6. The number of carbonyl (C=O) groups excluding carboxylic acids is 2. The van der Waals surface area contributed by atoms with E-state index < -0.39 is 0 Å². The molecule has 0 bridgehead atoms. The number of nitrogen functional groups attached to an aromatic ring is 1. The minimum absolute atomic E-state index is 0.156. The highest BCUT2D eigenvalue weighted by Crippen LogP contribution is 2.22. The second-order valence-electron chi connectivity index (χ2n) is 7.91. The van der Waals surface area contributed by atoms with Crippen molar-refractivity contribution in [2.75, 3.05) is 24.1 Å². The van der Waals surface area contributed by atoms with Crippen molar-refractivity contribution in [3.8, 4) is 11.1 Å². The first kappa shape index (κ1) is 21.4. The molecule has 32 heavy (non-hydrogen) atoms. The Morgan fingerprint density at radius 2 is 2.03 bits per heavy atom. The van der Waals surface area contributed by atoms with E-state index in [1.165, 1.54) is 0 Å². The van der Waals surface area contributed by atoms with Gasteiger partial charge in [0.25, 0.3) is 5.91 Å². The van der Waals surface area contributed by atoms with Gasteiger partial charge in [0.15, 0.2) is 0 Å². The van der Waals surface area contributed by atoms with Crippen molar-refractivity contribution in [2.45, 2.75) is 25.8 Å². The summed E-state index contributed by atoms with van der Waals surface area (Å²) in [6, 6.07) is 9.16. The topological polar surface area (TPSA) is 118 Å². The summed E-state index contributed by atoms with van der Waals surface area (Å²) in [7, 11) is 1.82. The molecular weight excluding hydrogens is 406 g/mol. The molecular formula is C23H27N7O2. The number of likely N-dealkylation sites (tertiary alicyclic amines) is 1. The lowest BCUT2D eigenvalue weighted by Crippen LogP contribution is -2.40. The predicted octanol–water partition coefficient (Wildman–Crippen LogP) is 2.66. The maximum absolute atomic E-state index is 12.9. The predicted molar refractivity (Wildman–Crippen MR) is 123 cm³/mol. The first-order chi connectivity index (χ1) is 15.4. The fourth-order valence-electron chi connectivity index (χ4n) is 3.86. The second kappa shape index (κ2) is 9.09. The lowest BCUT2D eigenvalue weighted by atomic mass is 10.1. The van der Waals surface area contributed by atoms with Crippen molar-refractivity contribution in [1.82, 2.24) is 25.0 Å². The molecule has 3 heterocycles. The monoisotopic (exact) mass is 433 g/mol. The quantitative estimate of drug-likeness (QED) is 0.572. The molecule has 3 aromatic rings. The summed E-state index contributed by atoms with van der Waals surface area (Å²) >= 11 is 0. The molecule has 4 N–H and O–H groups in total. The average molecular weight is 434 g/mol. The van der Waals surface area contributed by atoms with E-state index in [-0.39, 0.29) is 23.8 Å². The van der Waals surface area contributed by atoms with Crippen LogP contribution < -0.4 is 16.4 Å². The Morgan fingerprint density at radius 1 is 1.22 bits per heavy atom. The Kier molecular flexibility index (Phi) is 6.07. The van der Waals surface area contributed by atoms with Gasteiger partial charge in [0.1, 0.15) is 5.82 Å². The van der Waals surface area contributed by atoms with E-state index in [4.69, 9.17) is 5.73 Å².